The first-order valence-corrected chi connectivity index (χ1v) is 7.51. The smallest absolute Gasteiger partial charge is 0.287 e. The molecule has 0 aliphatic rings. The van der Waals surface area contributed by atoms with Gasteiger partial charge in [-0.15, -0.1) is 11.3 Å². The summed E-state index contributed by atoms with van der Waals surface area (Å²) in [5.74, 6) is 5.72. The molecular formula is C12H10N4O2S2. The summed E-state index contributed by atoms with van der Waals surface area (Å²) in [5, 5.41) is 3.64. The quantitative estimate of drug-likeness (QED) is 0.332. The molecule has 3 aromatic rings. The summed E-state index contributed by atoms with van der Waals surface area (Å²) in [4.78, 5) is 15.7. The number of fused-ring (bicyclic) bond motifs is 1. The number of thiazole rings is 1. The van der Waals surface area contributed by atoms with Crippen molar-refractivity contribution in [2.24, 2.45) is 5.84 Å². The Morgan fingerprint density at radius 3 is 3.10 bits per heavy atom. The zero-order valence-electron chi connectivity index (χ0n) is 10.2. The first-order valence-electron chi connectivity index (χ1n) is 5.71. The predicted molar refractivity (Wildman–Crippen MR) is 77.3 cm³/mol. The molecule has 0 aliphatic heterocycles. The number of amides is 1. The molecule has 3 N–H and O–H groups in total. The number of hydrazine groups is 1. The molecule has 3 rings (SSSR count). The lowest BCUT2D eigenvalue weighted by Gasteiger charge is -1.91. The van der Waals surface area contributed by atoms with Crippen LogP contribution in [0.2, 0.25) is 0 Å². The molecule has 0 fully saturated rings. The number of nitrogens with zero attached hydrogens (tertiary/aromatic N) is 2. The summed E-state index contributed by atoms with van der Waals surface area (Å²) >= 11 is 3.17. The number of hydrogen-bond donors (Lipinski definition) is 2. The zero-order valence-corrected chi connectivity index (χ0v) is 11.8. The Labute approximate surface area is 122 Å². The lowest BCUT2D eigenvalue weighted by molar-refractivity contribution is 0.0944. The molecule has 0 atom stereocenters. The molecule has 1 amide bonds. The van der Waals surface area contributed by atoms with E-state index in [2.05, 4.69) is 10.1 Å². The Bertz CT molecular complexity index is 720. The van der Waals surface area contributed by atoms with Crippen LogP contribution in [0.4, 0.5) is 0 Å². The molecule has 0 radical (unpaired) electrons. The molecule has 20 heavy (non-hydrogen) atoms. The molecule has 0 saturated heterocycles. The summed E-state index contributed by atoms with van der Waals surface area (Å²) in [6.07, 6.45) is 0. The van der Waals surface area contributed by atoms with E-state index in [0.29, 0.717) is 11.5 Å². The van der Waals surface area contributed by atoms with Gasteiger partial charge in [-0.25, -0.2) is 10.8 Å². The van der Waals surface area contributed by atoms with Gasteiger partial charge >= 0.3 is 0 Å². The SMILES string of the molecule is NNC(=O)c1cc(CSc2nc3ccccc3s2)on1. The maximum Gasteiger partial charge on any atom is 0.287 e. The molecule has 1 aromatic carbocycles. The van der Waals surface area contributed by atoms with Crippen LogP contribution in [0.1, 0.15) is 16.2 Å². The van der Waals surface area contributed by atoms with Gasteiger partial charge in [-0.05, 0) is 12.1 Å². The third kappa shape index (κ3) is 2.67. The van der Waals surface area contributed by atoms with Gasteiger partial charge in [-0.1, -0.05) is 29.1 Å². The van der Waals surface area contributed by atoms with E-state index < -0.39 is 5.91 Å². The average molecular weight is 306 g/mol. The van der Waals surface area contributed by atoms with Gasteiger partial charge in [0.1, 0.15) is 5.76 Å². The summed E-state index contributed by atoms with van der Waals surface area (Å²) < 4.78 is 7.17. The number of aromatic nitrogens is 2. The van der Waals surface area contributed by atoms with Crippen molar-refractivity contribution in [1.29, 1.82) is 0 Å². The summed E-state index contributed by atoms with van der Waals surface area (Å²) in [6, 6.07) is 9.54. The first-order chi connectivity index (χ1) is 9.76. The Kier molecular flexibility index (Phi) is 3.68. The molecule has 102 valence electrons. The van der Waals surface area contributed by atoms with Crippen LogP contribution in [-0.4, -0.2) is 16.0 Å². The maximum atomic E-state index is 11.2. The first kappa shape index (κ1) is 13.1. The number of rotatable bonds is 4. The molecular weight excluding hydrogens is 296 g/mol. The Balaban J connectivity index is 1.69. The van der Waals surface area contributed by atoms with Crippen LogP contribution in [0.3, 0.4) is 0 Å². The van der Waals surface area contributed by atoms with Crippen molar-refractivity contribution in [1.82, 2.24) is 15.6 Å². The minimum atomic E-state index is -0.468. The summed E-state index contributed by atoms with van der Waals surface area (Å²) in [6.45, 7) is 0. The molecule has 2 heterocycles. The van der Waals surface area contributed by atoms with E-state index in [4.69, 9.17) is 10.4 Å². The van der Waals surface area contributed by atoms with Crippen molar-refractivity contribution >= 4 is 39.2 Å². The average Bonchev–Trinajstić information content (AvgIpc) is 3.10. The normalized spacial score (nSPS) is 10.8. The number of nitrogen functional groups attached to an aromatic ring is 1. The number of thioether (sulfide) groups is 1. The van der Waals surface area contributed by atoms with Crippen molar-refractivity contribution in [3.05, 3.63) is 41.8 Å². The van der Waals surface area contributed by atoms with E-state index in [-0.39, 0.29) is 5.69 Å². The lowest BCUT2D eigenvalue weighted by Crippen LogP contribution is -2.30. The Morgan fingerprint density at radius 2 is 2.30 bits per heavy atom. The highest BCUT2D eigenvalue weighted by Crippen LogP contribution is 2.31. The van der Waals surface area contributed by atoms with E-state index in [1.54, 1.807) is 29.2 Å². The minimum absolute atomic E-state index is 0.174. The summed E-state index contributed by atoms with van der Waals surface area (Å²) in [5.41, 5.74) is 3.17. The van der Waals surface area contributed by atoms with Crippen LogP contribution in [-0.2, 0) is 5.75 Å². The standard InChI is InChI=1S/C12H10N4O2S2/c13-15-11(17)9-5-7(18-16-9)6-19-12-14-8-3-1-2-4-10(8)20-12/h1-5H,6,13H2,(H,15,17). The Morgan fingerprint density at radius 1 is 1.45 bits per heavy atom. The second-order valence-electron chi connectivity index (χ2n) is 3.89. The van der Waals surface area contributed by atoms with E-state index in [0.717, 1.165) is 14.6 Å². The maximum absolute atomic E-state index is 11.2. The van der Waals surface area contributed by atoms with Crippen LogP contribution in [0.25, 0.3) is 10.2 Å². The minimum Gasteiger partial charge on any atom is -0.360 e. The third-order valence-electron chi connectivity index (χ3n) is 2.53. The molecule has 8 heteroatoms. The van der Waals surface area contributed by atoms with Gasteiger partial charge in [0.15, 0.2) is 10.0 Å². The van der Waals surface area contributed by atoms with Crippen LogP contribution in [0.5, 0.6) is 0 Å². The molecule has 2 aromatic heterocycles. The van der Waals surface area contributed by atoms with Gasteiger partial charge in [0.25, 0.3) is 5.91 Å². The van der Waals surface area contributed by atoms with Gasteiger partial charge in [-0.3, -0.25) is 10.2 Å². The number of carbonyl (C=O) groups excluding carboxylic acids is 1. The van der Waals surface area contributed by atoms with E-state index in [1.165, 1.54) is 0 Å². The molecule has 0 spiro atoms. The van der Waals surface area contributed by atoms with E-state index in [1.807, 2.05) is 29.7 Å². The molecule has 0 bridgehead atoms. The second-order valence-corrected chi connectivity index (χ2v) is 6.14. The van der Waals surface area contributed by atoms with Crippen LogP contribution >= 0.6 is 23.1 Å². The zero-order chi connectivity index (χ0) is 13.9. The number of nitrogens with one attached hydrogen (secondary N) is 1. The number of benzene rings is 1. The van der Waals surface area contributed by atoms with Gasteiger partial charge in [0, 0.05) is 6.07 Å². The second kappa shape index (κ2) is 5.61. The monoisotopic (exact) mass is 306 g/mol. The molecule has 0 unspecified atom stereocenters. The Hall–Kier alpha value is -1.90. The molecule has 0 saturated carbocycles. The summed E-state index contributed by atoms with van der Waals surface area (Å²) in [7, 11) is 0. The lowest BCUT2D eigenvalue weighted by atomic mass is 10.3. The number of nitrogens with two attached hydrogens (primary N) is 1. The van der Waals surface area contributed by atoms with Crippen molar-refractivity contribution in [3.63, 3.8) is 0 Å². The van der Waals surface area contributed by atoms with E-state index >= 15 is 0 Å². The van der Waals surface area contributed by atoms with Crippen molar-refractivity contribution in [3.8, 4) is 0 Å². The highest BCUT2D eigenvalue weighted by Gasteiger charge is 2.12. The van der Waals surface area contributed by atoms with Crippen LogP contribution < -0.4 is 11.3 Å². The fourth-order valence-corrected chi connectivity index (χ4v) is 3.55. The van der Waals surface area contributed by atoms with E-state index in [9.17, 15) is 4.79 Å². The van der Waals surface area contributed by atoms with Crippen LogP contribution in [0.15, 0.2) is 39.2 Å². The fraction of sp³-hybridized carbons (Fsp3) is 0.0833. The predicted octanol–water partition coefficient (Wildman–Crippen LogP) is 2.18. The third-order valence-corrected chi connectivity index (χ3v) is 4.74. The van der Waals surface area contributed by atoms with Crippen molar-refractivity contribution < 1.29 is 9.32 Å². The van der Waals surface area contributed by atoms with Gasteiger partial charge in [0.2, 0.25) is 0 Å². The number of hydrogen-bond acceptors (Lipinski definition) is 7. The molecule has 0 aliphatic carbocycles. The highest BCUT2D eigenvalue weighted by atomic mass is 32.2. The highest BCUT2D eigenvalue weighted by molar-refractivity contribution is 8.00. The van der Waals surface area contributed by atoms with Gasteiger partial charge < -0.3 is 4.52 Å². The van der Waals surface area contributed by atoms with Gasteiger partial charge in [-0.2, -0.15) is 0 Å². The van der Waals surface area contributed by atoms with Crippen molar-refractivity contribution in [2.75, 3.05) is 0 Å². The number of para-hydroxylation sites is 1. The fourth-order valence-electron chi connectivity index (χ4n) is 1.61. The van der Waals surface area contributed by atoms with Gasteiger partial charge in [0.05, 0.1) is 16.0 Å². The largest absolute Gasteiger partial charge is 0.360 e. The van der Waals surface area contributed by atoms with Crippen molar-refractivity contribution in [2.45, 2.75) is 10.1 Å². The van der Waals surface area contributed by atoms with Crippen LogP contribution in [0, 0.1) is 0 Å². The number of carbonyl (C=O) groups is 1. The molecule has 6 nitrogen and oxygen atoms in total. The topological polar surface area (TPSA) is 94.0 Å².